The van der Waals surface area contributed by atoms with E-state index in [0.29, 0.717) is 11.4 Å². The average Bonchev–Trinajstić information content (AvgIpc) is 2.78. The van der Waals surface area contributed by atoms with Crippen LogP contribution in [0, 0.1) is 10.1 Å². The summed E-state index contributed by atoms with van der Waals surface area (Å²) in [5, 5.41) is 31.9. The van der Waals surface area contributed by atoms with Crippen molar-refractivity contribution in [3.63, 3.8) is 0 Å². The molecule has 178 valence electrons. The molecule has 3 N–H and O–H groups in total. The SMILES string of the molecule is CO[Si](CCCCl)(OC)OC.O=C(N[C@H](CO)[C@H](O)c1ccc([N+](=O)[O-])cc1)C(Cl)Cl. The van der Waals surface area contributed by atoms with Crippen molar-refractivity contribution in [1.29, 1.82) is 0 Å². The molecule has 1 aromatic carbocycles. The Morgan fingerprint density at radius 3 is 2.06 bits per heavy atom. The minimum Gasteiger partial charge on any atom is -0.394 e. The van der Waals surface area contributed by atoms with Crippen molar-refractivity contribution in [1.82, 2.24) is 5.32 Å². The molecule has 0 saturated heterocycles. The van der Waals surface area contributed by atoms with E-state index < -0.39 is 43.2 Å². The smallest absolute Gasteiger partial charge is 0.394 e. The first-order valence-electron chi connectivity index (χ1n) is 8.94. The Hall–Kier alpha value is -1.02. The summed E-state index contributed by atoms with van der Waals surface area (Å²) in [6.45, 7) is -0.551. The number of nitrogens with zero attached hydrogens (tertiary/aromatic N) is 1. The Balaban J connectivity index is 0.000000695. The maximum atomic E-state index is 11.3. The lowest BCUT2D eigenvalue weighted by atomic mass is 10.0. The van der Waals surface area contributed by atoms with E-state index >= 15 is 0 Å². The molecular weight excluding hydrogens is 495 g/mol. The number of nitrogens with one attached hydrogen (secondary N) is 1. The summed E-state index contributed by atoms with van der Waals surface area (Å²) in [6.07, 6.45) is -0.389. The molecule has 0 aliphatic rings. The number of non-ortho nitro benzene ring substituents is 1. The van der Waals surface area contributed by atoms with E-state index in [4.69, 9.17) is 53.2 Å². The highest BCUT2D eigenvalue weighted by Gasteiger charge is 2.36. The van der Waals surface area contributed by atoms with E-state index in [1.807, 2.05) is 0 Å². The maximum Gasteiger partial charge on any atom is 0.500 e. The topological polar surface area (TPSA) is 140 Å². The van der Waals surface area contributed by atoms with Gasteiger partial charge in [0.15, 0.2) is 4.84 Å². The molecule has 0 aromatic heterocycles. The van der Waals surface area contributed by atoms with Crippen LogP contribution in [-0.4, -0.2) is 74.5 Å². The number of aliphatic hydroxyl groups is 2. The Morgan fingerprint density at radius 1 is 1.19 bits per heavy atom. The molecule has 1 aromatic rings. The number of nitro groups is 1. The van der Waals surface area contributed by atoms with Crippen molar-refractivity contribution in [3.8, 4) is 0 Å². The number of alkyl halides is 3. The molecule has 10 nitrogen and oxygen atoms in total. The second-order valence-corrected chi connectivity index (χ2v) is 10.5. The Kier molecular flexibility index (Phi) is 15.2. The number of benzene rings is 1. The van der Waals surface area contributed by atoms with Gasteiger partial charge in [-0.3, -0.25) is 14.9 Å². The number of aliphatic hydroxyl groups excluding tert-OH is 2. The van der Waals surface area contributed by atoms with Crippen LogP contribution in [-0.2, 0) is 18.1 Å². The molecule has 0 unspecified atom stereocenters. The number of hydrogen-bond acceptors (Lipinski definition) is 8. The molecule has 1 amide bonds. The quantitative estimate of drug-likeness (QED) is 0.165. The normalized spacial score (nSPS) is 13.2. The number of rotatable bonds is 12. The van der Waals surface area contributed by atoms with E-state index in [1.54, 1.807) is 21.3 Å². The molecule has 31 heavy (non-hydrogen) atoms. The van der Waals surface area contributed by atoms with E-state index in [1.165, 1.54) is 24.3 Å². The third-order valence-corrected chi connectivity index (χ3v) is 7.59. The van der Waals surface area contributed by atoms with Gasteiger partial charge in [0.05, 0.1) is 17.6 Å². The summed E-state index contributed by atoms with van der Waals surface area (Å²) < 4.78 is 15.5. The zero-order chi connectivity index (χ0) is 24.0. The van der Waals surface area contributed by atoms with Crippen LogP contribution in [0.4, 0.5) is 5.69 Å². The van der Waals surface area contributed by atoms with Gasteiger partial charge in [0.2, 0.25) is 0 Å². The third-order valence-electron chi connectivity index (χ3n) is 4.10. The summed E-state index contributed by atoms with van der Waals surface area (Å²) in [5.41, 5.74) is 0.169. The molecule has 0 saturated carbocycles. The van der Waals surface area contributed by atoms with Crippen molar-refractivity contribution in [3.05, 3.63) is 39.9 Å². The molecule has 1 rings (SSSR count). The van der Waals surface area contributed by atoms with Crippen LogP contribution < -0.4 is 5.32 Å². The van der Waals surface area contributed by atoms with Gasteiger partial charge in [-0.2, -0.15) is 0 Å². The minimum atomic E-state index is -2.32. The van der Waals surface area contributed by atoms with Gasteiger partial charge in [-0.1, -0.05) is 23.2 Å². The van der Waals surface area contributed by atoms with Gasteiger partial charge in [-0.25, -0.2) is 0 Å². The Morgan fingerprint density at radius 2 is 1.71 bits per heavy atom. The second kappa shape index (κ2) is 15.7. The first kappa shape index (κ1) is 30.0. The number of nitro benzene ring substituents is 1. The molecular formula is C17H27Cl3N2O8Si. The second-order valence-electron chi connectivity index (χ2n) is 5.98. The highest BCUT2D eigenvalue weighted by atomic mass is 35.5. The van der Waals surface area contributed by atoms with E-state index in [9.17, 15) is 20.0 Å². The van der Waals surface area contributed by atoms with Crippen molar-refractivity contribution >= 4 is 55.2 Å². The van der Waals surface area contributed by atoms with Crippen molar-refractivity contribution < 1.29 is 33.2 Å². The van der Waals surface area contributed by atoms with Crippen molar-refractivity contribution in [2.75, 3.05) is 33.8 Å². The van der Waals surface area contributed by atoms with Crippen molar-refractivity contribution in [2.24, 2.45) is 0 Å². The van der Waals surface area contributed by atoms with Crippen LogP contribution >= 0.6 is 34.8 Å². The lowest BCUT2D eigenvalue weighted by Gasteiger charge is -2.23. The number of hydrogen-bond donors (Lipinski definition) is 3. The van der Waals surface area contributed by atoms with Gasteiger partial charge < -0.3 is 28.8 Å². The molecule has 14 heteroatoms. The summed E-state index contributed by atoms with van der Waals surface area (Å²) in [4.78, 5) is 19.9. The lowest BCUT2D eigenvalue weighted by Crippen LogP contribution is -2.44. The van der Waals surface area contributed by atoms with Gasteiger partial charge in [-0.05, 0) is 24.1 Å². The number of amides is 1. The number of halogens is 3. The highest BCUT2D eigenvalue weighted by molar-refractivity contribution is 6.60. The maximum absolute atomic E-state index is 11.3. The van der Waals surface area contributed by atoms with Crippen LogP contribution in [0.25, 0.3) is 0 Å². The summed E-state index contributed by atoms with van der Waals surface area (Å²) in [5.74, 6) is -0.140. The number of carbonyl (C=O) groups is 1. The summed E-state index contributed by atoms with van der Waals surface area (Å²) in [7, 11) is 2.49. The standard InChI is InChI=1S/C11H12Cl2N2O5.C6H15ClO3Si/c12-10(13)11(18)14-8(5-16)9(17)6-1-3-7(4-2-6)15(19)20;1-8-11(9-2,10-3)6-4-5-7/h1-4,8-10,16-17H,5H2,(H,14,18);4-6H2,1-3H3/t8-,9-;/m1./s1. The molecule has 0 bridgehead atoms. The molecule has 0 heterocycles. The monoisotopic (exact) mass is 520 g/mol. The van der Waals surface area contributed by atoms with Crippen LogP contribution in [0.5, 0.6) is 0 Å². The first-order chi connectivity index (χ1) is 14.6. The number of carbonyl (C=O) groups excluding carboxylic acids is 1. The van der Waals surface area contributed by atoms with E-state index in [2.05, 4.69) is 5.32 Å². The predicted molar refractivity (Wildman–Crippen MR) is 119 cm³/mol. The van der Waals surface area contributed by atoms with E-state index in [-0.39, 0.29) is 5.69 Å². The van der Waals surface area contributed by atoms with Crippen molar-refractivity contribution in [2.45, 2.75) is 29.4 Å². The molecule has 0 aliphatic heterocycles. The van der Waals surface area contributed by atoms with Gasteiger partial charge in [0.25, 0.3) is 11.6 Å². The minimum absolute atomic E-state index is 0.132. The average molecular weight is 522 g/mol. The molecule has 0 spiro atoms. The predicted octanol–water partition coefficient (Wildman–Crippen LogP) is 2.40. The molecule has 0 aliphatic carbocycles. The Labute approximate surface area is 196 Å². The van der Waals surface area contributed by atoms with Crippen LogP contribution in [0.3, 0.4) is 0 Å². The molecule has 0 fully saturated rings. The van der Waals surface area contributed by atoms with Crippen LogP contribution in [0.15, 0.2) is 24.3 Å². The molecule has 0 radical (unpaired) electrons. The fourth-order valence-corrected chi connectivity index (χ4v) is 4.54. The fourth-order valence-electron chi connectivity index (χ4n) is 2.34. The fraction of sp³-hybridized carbons (Fsp3) is 0.588. The first-order valence-corrected chi connectivity index (χ1v) is 12.3. The lowest BCUT2D eigenvalue weighted by molar-refractivity contribution is -0.384. The zero-order valence-corrected chi connectivity index (χ0v) is 20.6. The third kappa shape index (κ3) is 10.4. The van der Waals surface area contributed by atoms with Gasteiger partial charge in [0, 0.05) is 45.4 Å². The zero-order valence-electron chi connectivity index (χ0n) is 17.3. The van der Waals surface area contributed by atoms with E-state index in [0.717, 1.165) is 12.5 Å². The largest absolute Gasteiger partial charge is 0.500 e. The highest BCUT2D eigenvalue weighted by Crippen LogP contribution is 2.21. The van der Waals surface area contributed by atoms with Gasteiger partial charge >= 0.3 is 8.80 Å². The molecule has 2 atom stereocenters. The Bertz CT molecular complexity index is 657. The summed E-state index contributed by atoms with van der Waals surface area (Å²) >= 11 is 16.2. The van der Waals surface area contributed by atoms with Gasteiger partial charge in [0.1, 0.15) is 6.10 Å². The summed E-state index contributed by atoms with van der Waals surface area (Å²) in [6, 6.07) is 4.83. The van der Waals surface area contributed by atoms with Gasteiger partial charge in [-0.15, -0.1) is 11.6 Å². The van der Waals surface area contributed by atoms with Crippen LogP contribution in [0.1, 0.15) is 18.1 Å². The van der Waals surface area contributed by atoms with Crippen LogP contribution in [0.2, 0.25) is 6.04 Å².